The van der Waals surface area contributed by atoms with Gasteiger partial charge >= 0.3 is 17.5 Å². The molecular weight excluding hydrogens is 442 g/mol. The summed E-state index contributed by atoms with van der Waals surface area (Å²) in [6, 6.07) is 0. The number of esters is 1. The minimum Gasteiger partial charge on any atom is -0.475 e. The highest BCUT2D eigenvalue weighted by atomic mass is 32.1. The number of amides is 2. The Balaban J connectivity index is 2.22. The zero-order valence-corrected chi connectivity index (χ0v) is 19.3. The molecule has 0 saturated carbocycles. The van der Waals surface area contributed by atoms with E-state index in [9.17, 15) is 24.5 Å². The molecule has 0 saturated heterocycles. The van der Waals surface area contributed by atoms with Crippen molar-refractivity contribution >= 4 is 39.8 Å². The van der Waals surface area contributed by atoms with Gasteiger partial charge in [0.05, 0.1) is 35.6 Å². The molecule has 0 aliphatic heterocycles. The molecule has 2 rings (SSSR count). The number of hydrogen-bond acceptors (Lipinski definition) is 9. The third kappa shape index (κ3) is 5.60. The first kappa shape index (κ1) is 24.8. The van der Waals surface area contributed by atoms with Crippen LogP contribution in [0.5, 0.6) is 5.88 Å². The number of carbonyl (C=O) groups excluding carboxylic acids is 3. The van der Waals surface area contributed by atoms with E-state index in [0.29, 0.717) is 16.9 Å². The van der Waals surface area contributed by atoms with Gasteiger partial charge in [0.15, 0.2) is 0 Å². The second kappa shape index (κ2) is 10.7. The number of ether oxygens (including phenoxy) is 2. The molecule has 2 aromatic rings. The van der Waals surface area contributed by atoms with Crippen molar-refractivity contribution in [3.8, 4) is 5.88 Å². The predicted octanol–water partition coefficient (Wildman–Crippen LogP) is 2.47. The van der Waals surface area contributed by atoms with Crippen molar-refractivity contribution in [2.45, 2.75) is 33.2 Å². The molecule has 0 aromatic carbocycles. The number of nitrogens with zero attached hydrogens (tertiary/aromatic N) is 4. The van der Waals surface area contributed by atoms with E-state index in [1.807, 2.05) is 6.92 Å². The normalized spacial score (nSPS) is 10.5. The van der Waals surface area contributed by atoms with Crippen LogP contribution in [0.25, 0.3) is 0 Å². The fourth-order valence-electron chi connectivity index (χ4n) is 2.70. The Morgan fingerprint density at radius 1 is 1.34 bits per heavy atom. The molecule has 2 amide bonds. The van der Waals surface area contributed by atoms with Gasteiger partial charge in [-0.2, -0.15) is 0 Å². The maximum Gasteiger partial charge on any atom is 0.350 e. The van der Waals surface area contributed by atoms with E-state index in [1.54, 1.807) is 21.0 Å². The highest BCUT2D eigenvalue weighted by Crippen LogP contribution is 2.34. The van der Waals surface area contributed by atoms with Crippen molar-refractivity contribution < 1.29 is 28.8 Å². The summed E-state index contributed by atoms with van der Waals surface area (Å²) in [5, 5.41) is 17.8. The van der Waals surface area contributed by atoms with E-state index < -0.39 is 16.8 Å². The topological polar surface area (TPSA) is 146 Å². The molecule has 0 aliphatic carbocycles. The van der Waals surface area contributed by atoms with Crippen LogP contribution >= 0.6 is 11.3 Å². The van der Waals surface area contributed by atoms with E-state index in [1.165, 1.54) is 22.9 Å². The maximum absolute atomic E-state index is 12.6. The number of aromatic nitrogens is 2. The molecule has 0 fully saturated rings. The number of nitrogens with one attached hydrogen (secondary N) is 1. The van der Waals surface area contributed by atoms with Gasteiger partial charge in [0.25, 0.3) is 5.91 Å². The molecule has 1 N–H and O–H groups in total. The fraction of sp³-hybridized carbons (Fsp3) is 0.474. The largest absolute Gasteiger partial charge is 0.475 e. The van der Waals surface area contributed by atoms with Gasteiger partial charge in [-0.15, -0.1) is 16.4 Å². The number of rotatable bonds is 10. The lowest BCUT2D eigenvalue weighted by molar-refractivity contribution is -0.385. The lowest BCUT2D eigenvalue weighted by Crippen LogP contribution is -2.21. The second-order valence-corrected chi connectivity index (χ2v) is 7.96. The summed E-state index contributed by atoms with van der Waals surface area (Å²) >= 11 is 0.993. The minimum absolute atomic E-state index is 0.0412. The molecule has 0 atom stereocenters. The Kier molecular flexibility index (Phi) is 8.29. The van der Waals surface area contributed by atoms with E-state index in [0.717, 1.165) is 11.3 Å². The highest BCUT2D eigenvalue weighted by molar-refractivity contribution is 7.18. The number of aryl methyl sites for hydroxylation is 1. The monoisotopic (exact) mass is 467 g/mol. The van der Waals surface area contributed by atoms with Crippen molar-refractivity contribution in [2.24, 2.45) is 0 Å². The number of thiophene rings is 1. The number of hydrogen-bond donors (Lipinski definition) is 1. The molecule has 32 heavy (non-hydrogen) atoms. The molecule has 0 radical (unpaired) electrons. The van der Waals surface area contributed by atoms with E-state index >= 15 is 0 Å². The Labute approximate surface area is 188 Å². The second-order valence-electron chi connectivity index (χ2n) is 6.94. The number of anilines is 1. The predicted molar refractivity (Wildman–Crippen MR) is 116 cm³/mol. The Morgan fingerprint density at radius 3 is 2.56 bits per heavy atom. The van der Waals surface area contributed by atoms with Crippen LogP contribution in [0.1, 0.15) is 45.4 Å². The first-order valence-corrected chi connectivity index (χ1v) is 10.5. The summed E-state index contributed by atoms with van der Waals surface area (Å²) < 4.78 is 11.3. The van der Waals surface area contributed by atoms with Gasteiger partial charge in [-0.3, -0.25) is 24.4 Å². The molecule has 174 valence electrons. The van der Waals surface area contributed by atoms with Crippen molar-refractivity contribution in [1.29, 1.82) is 0 Å². The molecule has 0 aliphatic rings. The van der Waals surface area contributed by atoms with Crippen LogP contribution in [-0.2, 0) is 16.1 Å². The summed E-state index contributed by atoms with van der Waals surface area (Å²) in [6.45, 7) is 3.73. The first-order valence-electron chi connectivity index (χ1n) is 9.68. The summed E-state index contributed by atoms with van der Waals surface area (Å²) in [6.07, 6.45) is 1.71. The maximum atomic E-state index is 12.6. The minimum atomic E-state index is -0.631. The molecule has 2 heterocycles. The molecule has 13 heteroatoms. The molecular formula is C19H25N5O7S. The summed E-state index contributed by atoms with van der Waals surface area (Å²) in [5.41, 5.74) is 0.255. The van der Waals surface area contributed by atoms with Gasteiger partial charge in [0.1, 0.15) is 11.2 Å². The number of methoxy groups -OCH3 is 1. The van der Waals surface area contributed by atoms with Gasteiger partial charge in [-0.25, -0.2) is 4.79 Å². The summed E-state index contributed by atoms with van der Waals surface area (Å²) in [4.78, 5) is 49.7. The highest BCUT2D eigenvalue weighted by Gasteiger charge is 2.27. The van der Waals surface area contributed by atoms with Gasteiger partial charge in [-0.05, 0) is 18.9 Å². The number of carbonyl (C=O) groups is 3. The average Bonchev–Trinajstić information content (AvgIpc) is 3.30. The molecule has 0 unspecified atom stereocenters. The van der Waals surface area contributed by atoms with Gasteiger partial charge < -0.3 is 19.7 Å². The standard InChI is InChI=1S/C19H25N5O7S/c1-6-9-31-19(27)14-11(2)15(18(26)22(3)4)32-17(14)20-13(25)7-8-23-10-12(24(28)29)16(21-23)30-5/h10H,6-9H2,1-5H3,(H,20,25). The van der Waals surface area contributed by atoms with Crippen LogP contribution in [0.2, 0.25) is 0 Å². The zero-order valence-electron chi connectivity index (χ0n) is 18.5. The van der Waals surface area contributed by atoms with E-state index in [2.05, 4.69) is 10.4 Å². The quantitative estimate of drug-likeness (QED) is 0.318. The Hall–Kier alpha value is -3.48. The fourth-order valence-corrected chi connectivity index (χ4v) is 3.94. The van der Waals surface area contributed by atoms with Crippen LogP contribution in [0.4, 0.5) is 10.7 Å². The first-order chi connectivity index (χ1) is 15.1. The van der Waals surface area contributed by atoms with Gasteiger partial charge in [0.2, 0.25) is 5.91 Å². The lowest BCUT2D eigenvalue weighted by Gasteiger charge is -2.09. The lowest BCUT2D eigenvalue weighted by atomic mass is 10.1. The van der Waals surface area contributed by atoms with Crippen LogP contribution in [0.3, 0.4) is 0 Å². The molecule has 12 nitrogen and oxygen atoms in total. The smallest absolute Gasteiger partial charge is 0.350 e. The zero-order chi connectivity index (χ0) is 24.0. The average molecular weight is 468 g/mol. The van der Waals surface area contributed by atoms with Crippen LogP contribution in [-0.4, -0.2) is 65.2 Å². The molecule has 0 spiro atoms. The van der Waals surface area contributed by atoms with Crippen molar-refractivity contribution in [2.75, 3.05) is 33.1 Å². The van der Waals surface area contributed by atoms with Crippen LogP contribution < -0.4 is 10.1 Å². The van der Waals surface area contributed by atoms with Crippen LogP contribution in [0.15, 0.2) is 6.20 Å². The Bertz CT molecular complexity index is 1030. The summed E-state index contributed by atoms with van der Waals surface area (Å²) in [5.74, 6) is -1.54. The molecule has 2 aromatic heterocycles. The van der Waals surface area contributed by atoms with Gasteiger partial charge in [0, 0.05) is 20.5 Å². The third-order valence-corrected chi connectivity index (χ3v) is 5.50. The van der Waals surface area contributed by atoms with E-state index in [4.69, 9.17) is 9.47 Å². The third-order valence-electron chi connectivity index (χ3n) is 4.31. The van der Waals surface area contributed by atoms with Gasteiger partial charge in [-0.1, -0.05) is 6.92 Å². The number of nitro groups is 1. The van der Waals surface area contributed by atoms with Crippen molar-refractivity contribution in [1.82, 2.24) is 14.7 Å². The van der Waals surface area contributed by atoms with Crippen molar-refractivity contribution in [3.05, 3.63) is 32.3 Å². The van der Waals surface area contributed by atoms with E-state index in [-0.39, 0.29) is 47.6 Å². The summed E-state index contributed by atoms with van der Waals surface area (Å²) in [7, 11) is 4.44. The molecule has 0 bridgehead atoms. The Morgan fingerprint density at radius 2 is 2.03 bits per heavy atom. The van der Waals surface area contributed by atoms with Crippen LogP contribution in [0, 0.1) is 17.0 Å². The SMILES string of the molecule is CCCOC(=O)c1c(NC(=O)CCn2cc([N+](=O)[O-])c(OC)n2)sc(C(=O)N(C)C)c1C. The van der Waals surface area contributed by atoms with Crippen molar-refractivity contribution in [3.63, 3.8) is 0 Å².